The summed E-state index contributed by atoms with van der Waals surface area (Å²) in [6.45, 7) is 1.56. The molecule has 1 aromatic heterocycles. The number of pyridine rings is 1. The van der Waals surface area contributed by atoms with E-state index in [1.54, 1.807) is 6.92 Å². The van der Waals surface area contributed by atoms with Gasteiger partial charge in [-0.3, -0.25) is 14.4 Å². The lowest BCUT2D eigenvalue weighted by Gasteiger charge is -2.10. The fraction of sp³-hybridized carbons (Fsp3) is 0.300. The van der Waals surface area contributed by atoms with E-state index in [1.165, 1.54) is 18.5 Å². The van der Waals surface area contributed by atoms with Crippen molar-refractivity contribution in [1.82, 2.24) is 10.3 Å². The van der Waals surface area contributed by atoms with E-state index in [4.69, 9.17) is 5.11 Å². The highest BCUT2D eigenvalue weighted by Crippen LogP contribution is 1.94. The van der Waals surface area contributed by atoms with Crippen LogP contribution in [0.3, 0.4) is 0 Å². The first-order valence-corrected chi connectivity index (χ1v) is 4.70. The number of amides is 1. The van der Waals surface area contributed by atoms with Gasteiger partial charge in [-0.05, 0) is 6.92 Å². The summed E-state index contributed by atoms with van der Waals surface area (Å²) < 4.78 is 0. The Morgan fingerprint density at radius 3 is 2.81 bits per heavy atom. The van der Waals surface area contributed by atoms with Crippen LogP contribution in [0.25, 0.3) is 0 Å². The first-order valence-electron chi connectivity index (χ1n) is 4.70. The quantitative estimate of drug-likeness (QED) is 0.668. The van der Waals surface area contributed by atoms with E-state index in [1.807, 2.05) is 0 Å². The zero-order valence-electron chi connectivity index (χ0n) is 8.69. The van der Waals surface area contributed by atoms with Crippen LogP contribution in [0.4, 0.5) is 0 Å². The van der Waals surface area contributed by atoms with Gasteiger partial charge in [-0.1, -0.05) is 0 Å². The number of aromatic nitrogens is 1. The van der Waals surface area contributed by atoms with Crippen molar-refractivity contribution in [1.29, 1.82) is 0 Å². The molecule has 0 aliphatic heterocycles. The van der Waals surface area contributed by atoms with Crippen molar-refractivity contribution in [2.75, 3.05) is 0 Å². The molecule has 0 saturated heterocycles. The molecule has 1 rings (SSSR count). The first-order chi connectivity index (χ1) is 7.50. The van der Waals surface area contributed by atoms with Crippen LogP contribution in [-0.2, 0) is 4.79 Å². The lowest BCUT2D eigenvalue weighted by molar-refractivity contribution is -0.137. The third-order valence-electron chi connectivity index (χ3n) is 1.93. The largest absolute Gasteiger partial charge is 0.481 e. The Kier molecular flexibility index (Phi) is 3.82. The third kappa shape index (κ3) is 3.23. The highest BCUT2D eigenvalue weighted by Gasteiger charge is 2.14. The molecule has 1 amide bonds. The highest BCUT2D eigenvalue weighted by atomic mass is 16.4. The molecule has 1 aromatic rings. The Labute approximate surface area is 91.3 Å². The van der Waals surface area contributed by atoms with Crippen LogP contribution < -0.4 is 10.7 Å². The summed E-state index contributed by atoms with van der Waals surface area (Å²) in [5.74, 6) is -1.58. The number of aromatic amines is 1. The molecule has 16 heavy (non-hydrogen) atoms. The molecule has 1 heterocycles. The molecule has 0 radical (unpaired) electrons. The smallest absolute Gasteiger partial charge is 0.305 e. The van der Waals surface area contributed by atoms with E-state index in [0.29, 0.717) is 0 Å². The van der Waals surface area contributed by atoms with E-state index < -0.39 is 23.3 Å². The second kappa shape index (κ2) is 5.11. The van der Waals surface area contributed by atoms with Gasteiger partial charge in [-0.2, -0.15) is 0 Å². The molecule has 1 atom stereocenters. The molecule has 86 valence electrons. The van der Waals surface area contributed by atoms with E-state index in [2.05, 4.69) is 10.3 Å². The maximum Gasteiger partial charge on any atom is 0.305 e. The zero-order chi connectivity index (χ0) is 12.1. The van der Waals surface area contributed by atoms with Gasteiger partial charge in [0.05, 0.1) is 6.42 Å². The Morgan fingerprint density at radius 2 is 2.25 bits per heavy atom. The number of carbonyl (C=O) groups is 2. The lowest BCUT2D eigenvalue weighted by Crippen LogP contribution is -2.36. The molecule has 0 aliphatic rings. The van der Waals surface area contributed by atoms with Crippen LogP contribution in [0.1, 0.15) is 23.7 Å². The van der Waals surface area contributed by atoms with E-state index >= 15 is 0 Å². The van der Waals surface area contributed by atoms with Crippen molar-refractivity contribution < 1.29 is 14.7 Å². The molecule has 0 saturated carbocycles. The van der Waals surface area contributed by atoms with Gasteiger partial charge in [-0.15, -0.1) is 0 Å². The minimum absolute atomic E-state index is 0.0280. The van der Waals surface area contributed by atoms with Crippen LogP contribution in [0, 0.1) is 0 Å². The van der Waals surface area contributed by atoms with Crippen molar-refractivity contribution >= 4 is 11.9 Å². The number of hydrogen-bond donors (Lipinski definition) is 3. The van der Waals surface area contributed by atoms with Gasteiger partial charge in [0.2, 0.25) is 0 Å². The molecular formula is C10H12N2O4. The SMILES string of the molecule is CC(CC(=O)O)NC(=O)c1c[nH]ccc1=O. The normalized spacial score (nSPS) is 11.8. The van der Waals surface area contributed by atoms with Gasteiger partial charge in [0.1, 0.15) is 5.56 Å². The fourth-order valence-corrected chi connectivity index (χ4v) is 1.21. The van der Waals surface area contributed by atoms with Crippen molar-refractivity contribution in [2.24, 2.45) is 0 Å². The van der Waals surface area contributed by atoms with Crippen LogP contribution in [0.2, 0.25) is 0 Å². The van der Waals surface area contributed by atoms with Gasteiger partial charge in [0.25, 0.3) is 5.91 Å². The molecule has 0 aliphatic carbocycles. The lowest BCUT2D eigenvalue weighted by atomic mass is 10.2. The molecule has 0 bridgehead atoms. The Hall–Kier alpha value is -2.11. The summed E-state index contributed by atoms with van der Waals surface area (Å²) in [5, 5.41) is 10.9. The average molecular weight is 224 g/mol. The minimum Gasteiger partial charge on any atom is -0.481 e. The van der Waals surface area contributed by atoms with Gasteiger partial charge in [0, 0.05) is 24.5 Å². The molecule has 1 unspecified atom stereocenters. The zero-order valence-corrected chi connectivity index (χ0v) is 8.69. The third-order valence-corrected chi connectivity index (χ3v) is 1.93. The summed E-state index contributed by atoms with van der Waals surface area (Å²) in [6, 6.07) is 0.709. The van der Waals surface area contributed by atoms with Crippen LogP contribution in [0.5, 0.6) is 0 Å². The van der Waals surface area contributed by atoms with Crippen LogP contribution in [0.15, 0.2) is 23.3 Å². The number of nitrogens with one attached hydrogen (secondary N) is 2. The standard InChI is InChI=1S/C10H12N2O4/c1-6(4-9(14)15)12-10(16)7-5-11-3-2-8(7)13/h2-3,5-6H,4H2,1H3,(H,11,13)(H,12,16)(H,14,15). The predicted molar refractivity (Wildman–Crippen MR) is 56.2 cm³/mol. The number of carbonyl (C=O) groups excluding carboxylic acids is 1. The van der Waals surface area contributed by atoms with Gasteiger partial charge in [-0.25, -0.2) is 0 Å². The number of carboxylic acids is 1. The Bertz CT molecular complexity index is 452. The monoisotopic (exact) mass is 224 g/mol. The van der Waals surface area contributed by atoms with Gasteiger partial charge >= 0.3 is 5.97 Å². The van der Waals surface area contributed by atoms with Gasteiger partial charge < -0.3 is 15.4 Å². The minimum atomic E-state index is -1.00. The average Bonchev–Trinajstić information content (AvgIpc) is 2.16. The summed E-state index contributed by atoms with van der Waals surface area (Å²) in [7, 11) is 0. The summed E-state index contributed by atoms with van der Waals surface area (Å²) in [4.78, 5) is 35.8. The first kappa shape index (κ1) is 12.0. The molecule has 3 N–H and O–H groups in total. The van der Waals surface area contributed by atoms with Crippen molar-refractivity contribution in [3.63, 3.8) is 0 Å². The predicted octanol–water partition coefficient (Wildman–Crippen LogP) is -0.0321. The molecule has 0 fully saturated rings. The summed E-state index contributed by atoms with van der Waals surface area (Å²) in [5.41, 5.74) is -0.432. The molecule has 0 spiro atoms. The van der Waals surface area contributed by atoms with Crippen LogP contribution >= 0.6 is 0 Å². The van der Waals surface area contributed by atoms with Gasteiger partial charge in [0.15, 0.2) is 5.43 Å². The molecule has 0 aromatic carbocycles. The highest BCUT2D eigenvalue weighted by molar-refractivity contribution is 5.94. The van der Waals surface area contributed by atoms with E-state index in [-0.39, 0.29) is 12.0 Å². The second-order valence-electron chi connectivity index (χ2n) is 3.39. The maximum atomic E-state index is 11.5. The second-order valence-corrected chi connectivity index (χ2v) is 3.39. The van der Waals surface area contributed by atoms with Crippen LogP contribution in [-0.4, -0.2) is 28.0 Å². The topological polar surface area (TPSA) is 99.3 Å². The number of rotatable bonds is 4. The number of hydrogen-bond acceptors (Lipinski definition) is 3. The van der Waals surface area contributed by atoms with Crippen molar-refractivity contribution in [2.45, 2.75) is 19.4 Å². The summed E-state index contributed by atoms with van der Waals surface area (Å²) in [6.07, 6.45) is 2.52. The molecule has 6 nitrogen and oxygen atoms in total. The maximum absolute atomic E-state index is 11.5. The number of carboxylic acid groups (broad SMARTS) is 1. The Morgan fingerprint density at radius 1 is 1.56 bits per heavy atom. The Balaban J connectivity index is 2.70. The fourth-order valence-electron chi connectivity index (χ4n) is 1.21. The molecular weight excluding hydrogens is 212 g/mol. The molecule has 6 heteroatoms. The number of H-pyrrole nitrogens is 1. The summed E-state index contributed by atoms with van der Waals surface area (Å²) >= 11 is 0. The van der Waals surface area contributed by atoms with Crippen molar-refractivity contribution in [3.8, 4) is 0 Å². The van der Waals surface area contributed by atoms with E-state index in [9.17, 15) is 14.4 Å². The van der Waals surface area contributed by atoms with E-state index in [0.717, 1.165) is 0 Å². The number of aliphatic carboxylic acids is 1. The van der Waals surface area contributed by atoms with Crippen molar-refractivity contribution in [3.05, 3.63) is 34.2 Å².